The number of benzene rings is 3. The molecular weight excluding hydrogens is 559 g/mol. The van der Waals surface area contributed by atoms with E-state index >= 15 is 0 Å². The molecule has 0 fully saturated rings. The molecule has 0 radical (unpaired) electrons. The number of aromatic nitrogens is 2. The molecular formula is C26H20BrClF3N3O2. The van der Waals surface area contributed by atoms with Gasteiger partial charge in [0, 0.05) is 16.1 Å². The summed E-state index contributed by atoms with van der Waals surface area (Å²) in [6.07, 6.45) is -2.54. The molecule has 0 bridgehead atoms. The standard InChI is InChI=1S/C26H20BrClF3N3O2/c1-3-15(2)36-23-17(12-19(28)13-21(23)27)14-32-34-24(16-7-6-8-18(11-16)26(29,30)31)33-22-10-5-4-9-20(22)25(34)35/h4-15H,3H2,1-2H3/t15-/m0/s1. The summed E-state index contributed by atoms with van der Waals surface area (Å²) in [5.74, 6) is 0.437. The molecule has 36 heavy (non-hydrogen) atoms. The Kier molecular flexibility index (Phi) is 7.51. The Morgan fingerprint density at radius 2 is 1.92 bits per heavy atom. The van der Waals surface area contributed by atoms with Crippen LogP contribution in [0.5, 0.6) is 5.75 Å². The van der Waals surface area contributed by atoms with Gasteiger partial charge in [0.1, 0.15) is 5.75 Å². The number of ether oxygens (including phenoxy) is 1. The van der Waals surface area contributed by atoms with Gasteiger partial charge in [0.2, 0.25) is 0 Å². The SMILES string of the molecule is CC[C@H](C)Oc1c(Br)cc(Cl)cc1C=Nn1c(-c2cccc(C(F)(F)F)c2)nc2ccccc2c1=O. The highest BCUT2D eigenvalue weighted by molar-refractivity contribution is 9.10. The molecule has 0 spiro atoms. The maximum Gasteiger partial charge on any atom is 0.416 e. The zero-order chi connectivity index (χ0) is 26.0. The van der Waals surface area contributed by atoms with Crippen molar-refractivity contribution in [1.82, 2.24) is 9.66 Å². The summed E-state index contributed by atoms with van der Waals surface area (Å²) in [4.78, 5) is 17.9. The van der Waals surface area contributed by atoms with Gasteiger partial charge in [0.05, 0.1) is 33.3 Å². The van der Waals surface area contributed by atoms with E-state index in [1.54, 1.807) is 36.4 Å². The number of hydrogen-bond acceptors (Lipinski definition) is 4. The molecule has 5 nitrogen and oxygen atoms in total. The highest BCUT2D eigenvalue weighted by atomic mass is 79.9. The van der Waals surface area contributed by atoms with Crippen molar-refractivity contribution in [2.75, 3.05) is 0 Å². The number of alkyl halides is 3. The van der Waals surface area contributed by atoms with Gasteiger partial charge in [0.15, 0.2) is 5.82 Å². The van der Waals surface area contributed by atoms with Crippen LogP contribution < -0.4 is 10.3 Å². The zero-order valence-electron chi connectivity index (χ0n) is 19.2. The van der Waals surface area contributed by atoms with Crippen LogP contribution in [0.4, 0.5) is 13.2 Å². The van der Waals surface area contributed by atoms with Crippen molar-refractivity contribution in [1.29, 1.82) is 0 Å². The van der Waals surface area contributed by atoms with Gasteiger partial charge in [-0.1, -0.05) is 42.8 Å². The van der Waals surface area contributed by atoms with E-state index in [1.807, 2.05) is 13.8 Å². The van der Waals surface area contributed by atoms with Crippen molar-refractivity contribution in [3.8, 4) is 17.1 Å². The van der Waals surface area contributed by atoms with Gasteiger partial charge in [-0.05, 0) is 65.7 Å². The van der Waals surface area contributed by atoms with Crippen LogP contribution in [0, 0.1) is 0 Å². The number of halogens is 5. The first kappa shape index (κ1) is 25.9. The normalized spacial score (nSPS) is 12.9. The molecule has 0 aliphatic rings. The zero-order valence-corrected chi connectivity index (χ0v) is 21.5. The number of fused-ring (bicyclic) bond motifs is 1. The predicted octanol–water partition coefficient (Wildman–Crippen LogP) is 7.56. The Bertz CT molecular complexity index is 1520. The van der Waals surface area contributed by atoms with Crippen LogP contribution >= 0.6 is 27.5 Å². The van der Waals surface area contributed by atoms with Crippen LogP contribution in [0.25, 0.3) is 22.3 Å². The second kappa shape index (κ2) is 10.4. The van der Waals surface area contributed by atoms with Crippen LogP contribution in [0.15, 0.2) is 75.0 Å². The van der Waals surface area contributed by atoms with Crippen molar-refractivity contribution >= 4 is 44.6 Å². The fourth-order valence-electron chi connectivity index (χ4n) is 3.46. The lowest BCUT2D eigenvalue weighted by Gasteiger charge is -2.17. The highest BCUT2D eigenvalue weighted by Crippen LogP contribution is 2.34. The summed E-state index contributed by atoms with van der Waals surface area (Å²) in [7, 11) is 0. The van der Waals surface area contributed by atoms with E-state index in [9.17, 15) is 18.0 Å². The average molecular weight is 579 g/mol. The Hall–Kier alpha value is -3.17. The van der Waals surface area contributed by atoms with Crippen LogP contribution in [0.1, 0.15) is 31.4 Å². The van der Waals surface area contributed by atoms with Gasteiger partial charge in [-0.25, -0.2) is 4.98 Å². The average Bonchev–Trinajstić information content (AvgIpc) is 2.84. The molecule has 4 aromatic rings. The molecule has 1 heterocycles. The summed E-state index contributed by atoms with van der Waals surface area (Å²) in [5.41, 5.74) is -0.485. The molecule has 0 saturated heterocycles. The van der Waals surface area contributed by atoms with E-state index in [-0.39, 0.29) is 22.9 Å². The number of para-hydroxylation sites is 1. The second-order valence-corrected chi connectivity index (χ2v) is 9.33. The van der Waals surface area contributed by atoms with Crippen molar-refractivity contribution in [3.05, 3.63) is 91.6 Å². The van der Waals surface area contributed by atoms with Gasteiger partial charge in [-0.3, -0.25) is 4.79 Å². The van der Waals surface area contributed by atoms with Gasteiger partial charge in [0.25, 0.3) is 5.56 Å². The summed E-state index contributed by atoms with van der Waals surface area (Å²) in [6, 6.07) is 14.5. The lowest BCUT2D eigenvalue weighted by atomic mass is 10.1. The van der Waals surface area contributed by atoms with Crippen molar-refractivity contribution in [2.24, 2.45) is 5.10 Å². The topological polar surface area (TPSA) is 56.5 Å². The Labute approximate surface area is 218 Å². The molecule has 186 valence electrons. The minimum atomic E-state index is -4.56. The first-order valence-electron chi connectivity index (χ1n) is 11.0. The third-order valence-electron chi connectivity index (χ3n) is 5.45. The van der Waals surface area contributed by atoms with E-state index in [1.165, 1.54) is 18.3 Å². The monoisotopic (exact) mass is 577 g/mol. The molecule has 1 atom stereocenters. The molecule has 0 amide bonds. The summed E-state index contributed by atoms with van der Waals surface area (Å²) >= 11 is 9.68. The first-order valence-corrected chi connectivity index (χ1v) is 12.1. The minimum absolute atomic E-state index is 0.0356. The van der Waals surface area contributed by atoms with E-state index in [0.29, 0.717) is 26.3 Å². The Morgan fingerprint density at radius 1 is 1.17 bits per heavy atom. The van der Waals surface area contributed by atoms with Gasteiger partial charge >= 0.3 is 6.18 Å². The summed E-state index contributed by atoms with van der Waals surface area (Å²) < 4.78 is 47.8. The maximum atomic E-state index is 13.4. The van der Waals surface area contributed by atoms with E-state index in [4.69, 9.17) is 16.3 Å². The van der Waals surface area contributed by atoms with Gasteiger partial charge in [-0.2, -0.15) is 22.9 Å². The van der Waals surface area contributed by atoms with E-state index in [2.05, 4.69) is 26.0 Å². The van der Waals surface area contributed by atoms with Crippen LogP contribution in [0.2, 0.25) is 5.02 Å². The second-order valence-electron chi connectivity index (χ2n) is 8.04. The number of nitrogens with zero attached hydrogens (tertiary/aromatic N) is 3. The molecule has 0 aliphatic heterocycles. The molecule has 0 saturated carbocycles. The van der Waals surface area contributed by atoms with Crippen molar-refractivity contribution in [3.63, 3.8) is 0 Å². The third kappa shape index (κ3) is 5.47. The number of hydrogen-bond donors (Lipinski definition) is 0. The Morgan fingerprint density at radius 3 is 2.64 bits per heavy atom. The highest BCUT2D eigenvalue weighted by Gasteiger charge is 2.31. The van der Waals surface area contributed by atoms with Gasteiger partial charge in [-0.15, -0.1) is 0 Å². The van der Waals surface area contributed by atoms with Crippen LogP contribution in [0.3, 0.4) is 0 Å². The van der Waals surface area contributed by atoms with Crippen molar-refractivity contribution < 1.29 is 17.9 Å². The fourth-order valence-corrected chi connectivity index (χ4v) is 4.38. The lowest BCUT2D eigenvalue weighted by Crippen LogP contribution is -2.20. The predicted molar refractivity (Wildman–Crippen MR) is 139 cm³/mol. The molecule has 0 N–H and O–H groups in total. The number of rotatable bonds is 6. The Balaban J connectivity index is 1.93. The van der Waals surface area contributed by atoms with Gasteiger partial charge < -0.3 is 4.74 Å². The van der Waals surface area contributed by atoms with Crippen LogP contribution in [-0.2, 0) is 6.18 Å². The maximum absolute atomic E-state index is 13.4. The largest absolute Gasteiger partial charge is 0.489 e. The van der Waals surface area contributed by atoms with E-state index in [0.717, 1.165) is 23.2 Å². The fraction of sp³-hybridized carbons (Fsp3) is 0.192. The van der Waals surface area contributed by atoms with Crippen molar-refractivity contribution in [2.45, 2.75) is 32.5 Å². The molecule has 10 heteroatoms. The summed E-state index contributed by atoms with van der Waals surface area (Å²) in [6.45, 7) is 3.88. The quantitative estimate of drug-likeness (QED) is 0.222. The van der Waals surface area contributed by atoms with E-state index < -0.39 is 17.3 Å². The third-order valence-corrected chi connectivity index (χ3v) is 6.25. The molecule has 0 unspecified atom stereocenters. The molecule has 0 aliphatic carbocycles. The first-order chi connectivity index (χ1) is 17.1. The molecule has 3 aromatic carbocycles. The van der Waals surface area contributed by atoms with Crippen LogP contribution in [-0.4, -0.2) is 22.0 Å². The molecule has 1 aromatic heterocycles. The summed E-state index contributed by atoms with van der Waals surface area (Å²) in [5, 5.41) is 5.02. The molecule has 4 rings (SSSR count). The smallest absolute Gasteiger partial charge is 0.416 e. The lowest BCUT2D eigenvalue weighted by molar-refractivity contribution is -0.137. The minimum Gasteiger partial charge on any atom is -0.489 e.